The van der Waals surface area contributed by atoms with Gasteiger partial charge >= 0.3 is 0 Å². The van der Waals surface area contributed by atoms with E-state index in [1.807, 2.05) is 0 Å². The molecule has 0 amide bonds. The van der Waals surface area contributed by atoms with Crippen LogP contribution in [0.4, 0.5) is 0 Å². The Morgan fingerprint density at radius 1 is 1.55 bits per heavy atom. The molecule has 11 heavy (non-hydrogen) atoms. The lowest BCUT2D eigenvalue weighted by atomic mass is 9.99. The largest absolute Gasteiger partial charge is 0.309 e. The molecular formula is C9H20N2. The molecule has 1 aliphatic rings. The first-order valence-electron chi connectivity index (χ1n) is 4.54. The van der Waals surface area contributed by atoms with Crippen LogP contribution in [0.1, 0.15) is 27.7 Å². The fraction of sp³-hybridized carbons (Fsp3) is 1.00. The first-order chi connectivity index (χ1) is 5.05. The van der Waals surface area contributed by atoms with Crippen LogP contribution in [0.5, 0.6) is 0 Å². The zero-order chi connectivity index (χ0) is 8.48. The Bertz CT molecular complexity index is 132. The lowest BCUT2D eigenvalue weighted by molar-refractivity contribution is 0.111. The second kappa shape index (κ2) is 3.11. The van der Waals surface area contributed by atoms with Gasteiger partial charge in [0.15, 0.2) is 0 Å². The van der Waals surface area contributed by atoms with Crippen LogP contribution in [-0.2, 0) is 0 Å². The minimum atomic E-state index is 0.308. The standard InChI is InChI=1S/C9H20N2/c1-5-11-7-9(3,4)10-6-8(11)2/h8,10H,5-7H2,1-4H3. The molecule has 1 saturated heterocycles. The molecule has 2 nitrogen and oxygen atoms in total. The summed E-state index contributed by atoms with van der Waals surface area (Å²) >= 11 is 0. The van der Waals surface area contributed by atoms with Crippen molar-refractivity contribution < 1.29 is 0 Å². The Hall–Kier alpha value is -0.0800. The average molecular weight is 156 g/mol. The predicted octanol–water partition coefficient (Wildman–Crippen LogP) is 1.08. The normalized spacial score (nSPS) is 32.2. The molecular weight excluding hydrogens is 136 g/mol. The fourth-order valence-corrected chi connectivity index (χ4v) is 1.70. The summed E-state index contributed by atoms with van der Waals surface area (Å²) in [5, 5.41) is 3.53. The van der Waals surface area contributed by atoms with Crippen molar-refractivity contribution in [3.63, 3.8) is 0 Å². The Labute approximate surface area is 70.0 Å². The van der Waals surface area contributed by atoms with E-state index in [-0.39, 0.29) is 0 Å². The summed E-state index contributed by atoms with van der Waals surface area (Å²) in [5.41, 5.74) is 0.308. The summed E-state index contributed by atoms with van der Waals surface area (Å²) in [6, 6.07) is 0.702. The molecule has 1 heterocycles. The van der Waals surface area contributed by atoms with Crippen LogP contribution in [0.25, 0.3) is 0 Å². The molecule has 0 saturated carbocycles. The molecule has 1 fully saturated rings. The molecule has 0 aromatic carbocycles. The van der Waals surface area contributed by atoms with Crippen molar-refractivity contribution in [1.29, 1.82) is 0 Å². The van der Waals surface area contributed by atoms with Gasteiger partial charge in [-0.25, -0.2) is 0 Å². The van der Waals surface area contributed by atoms with Crippen LogP contribution < -0.4 is 5.32 Å². The zero-order valence-corrected chi connectivity index (χ0v) is 8.15. The molecule has 0 bridgehead atoms. The lowest BCUT2D eigenvalue weighted by Gasteiger charge is -2.42. The van der Waals surface area contributed by atoms with Gasteiger partial charge in [-0.3, -0.25) is 4.90 Å². The second-order valence-corrected chi connectivity index (χ2v) is 4.18. The van der Waals surface area contributed by atoms with E-state index >= 15 is 0 Å². The van der Waals surface area contributed by atoms with Gasteiger partial charge in [-0.05, 0) is 27.3 Å². The molecule has 0 aliphatic carbocycles. The molecule has 66 valence electrons. The van der Waals surface area contributed by atoms with E-state index in [0.717, 1.165) is 6.54 Å². The quantitative estimate of drug-likeness (QED) is 0.611. The maximum absolute atomic E-state index is 3.53. The van der Waals surface area contributed by atoms with Crippen molar-refractivity contribution in [2.45, 2.75) is 39.3 Å². The highest BCUT2D eigenvalue weighted by atomic mass is 15.2. The number of nitrogens with one attached hydrogen (secondary N) is 1. The van der Waals surface area contributed by atoms with Crippen LogP contribution in [0.3, 0.4) is 0 Å². The molecule has 1 rings (SSSR count). The van der Waals surface area contributed by atoms with Gasteiger partial charge in [-0.2, -0.15) is 0 Å². The van der Waals surface area contributed by atoms with Crippen molar-refractivity contribution >= 4 is 0 Å². The molecule has 0 radical (unpaired) electrons. The van der Waals surface area contributed by atoms with E-state index in [0.29, 0.717) is 11.6 Å². The molecule has 0 aromatic heterocycles. The van der Waals surface area contributed by atoms with Gasteiger partial charge in [0.1, 0.15) is 0 Å². The number of piperazine rings is 1. The van der Waals surface area contributed by atoms with E-state index in [9.17, 15) is 0 Å². The van der Waals surface area contributed by atoms with Gasteiger partial charge in [0.2, 0.25) is 0 Å². The molecule has 1 unspecified atom stereocenters. The van der Waals surface area contributed by atoms with Crippen molar-refractivity contribution in [3.8, 4) is 0 Å². The lowest BCUT2D eigenvalue weighted by Crippen LogP contribution is -2.60. The Morgan fingerprint density at radius 3 is 2.64 bits per heavy atom. The van der Waals surface area contributed by atoms with Gasteiger partial charge in [0.05, 0.1) is 0 Å². The number of likely N-dealkylation sites (N-methyl/N-ethyl adjacent to an activating group) is 1. The highest BCUT2D eigenvalue weighted by Crippen LogP contribution is 2.13. The molecule has 2 heteroatoms. The summed E-state index contributed by atoms with van der Waals surface area (Å²) < 4.78 is 0. The third kappa shape index (κ3) is 2.17. The minimum absolute atomic E-state index is 0.308. The third-order valence-corrected chi connectivity index (χ3v) is 2.50. The molecule has 1 aliphatic heterocycles. The minimum Gasteiger partial charge on any atom is -0.309 e. The van der Waals surface area contributed by atoms with Crippen LogP contribution in [0, 0.1) is 0 Å². The summed E-state index contributed by atoms with van der Waals surface area (Å²) in [4.78, 5) is 2.52. The van der Waals surface area contributed by atoms with Gasteiger partial charge < -0.3 is 5.32 Å². The predicted molar refractivity (Wildman–Crippen MR) is 48.8 cm³/mol. The Morgan fingerprint density at radius 2 is 2.18 bits per heavy atom. The summed E-state index contributed by atoms with van der Waals surface area (Å²) in [6.45, 7) is 12.5. The number of rotatable bonds is 1. The average Bonchev–Trinajstić information content (AvgIpc) is 1.94. The van der Waals surface area contributed by atoms with E-state index < -0.39 is 0 Å². The molecule has 0 aromatic rings. The first-order valence-corrected chi connectivity index (χ1v) is 4.54. The fourth-order valence-electron chi connectivity index (χ4n) is 1.70. The summed E-state index contributed by atoms with van der Waals surface area (Å²) in [7, 11) is 0. The van der Waals surface area contributed by atoms with Crippen molar-refractivity contribution in [1.82, 2.24) is 10.2 Å². The second-order valence-electron chi connectivity index (χ2n) is 4.18. The maximum atomic E-state index is 3.53. The van der Waals surface area contributed by atoms with Gasteiger partial charge in [-0.1, -0.05) is 6.92 Å². The smallest absolute Gasteiger partial charge is 0.0252 e. The van der Waals surface area contributed by atoms with Gasteiger partial charge in [0.25, 0.3) is 0 Å². The van der Waals surface area contributed by atoms with Crippen molar-refractivity contribution in [2.75, 3.05) is 19.6 Å². The highest BCUT2D eigenvalue weighted by Gasteiger charge is 2.28. The van der Waals surface area contributed by atoms with E-state index in [1.54, 1.807) is 0 Å². The monoisotopic (exact) mass is 156 g/mol. The van der Waals surface area contributed by atoms with Crippen LogP contribution in [-0.4, -0.2) is 36.1 Å². The number of hydrogen-bond acceptors (Lipinski definition) is 2. The third-order valence-electron chi connectivity index (χ3n) is 2.50. The highest BCUT2D eigenvalue weighted by molar-refractivity contribution is 4.89. The van der Waals surface area contributed by atoms with E-state index in [2.05, 4.69) is 37.9 Å². The molecule has 1 atom stereocenters. The van der Waals surface area contributed by atoms with E-state index in [4.69, 9.17) is 0 Å². The van der Waals surface area contributed by atoms with Crippen LogP contribution in [0.15, 0.2) is 0 Å². The Kier molecular flexibility index (Phi) is 2.55. The maximum Gasteiger partial charge on any atom is 0.0252 e. The van der Waals surface area contributed by atoms with Gasteiger partial charge in [0, 0.05) is 24.7 Å². The summed E-state index contributed by atoms with van der Waals surface area (Å²) in [6.07, 6.45) is 0. The van der Waals surface area contributed by atoms with Crippen molar-refractivity contribution in [2.24, 2.45) is 0 Å². The topological polar surface area (TPSA) is 15.3 Å². The van der Waals surface area contributed by atoms with Crippen LogP contribution in [0.2, 0.25) is 0 Å². The zero-order valence-electron chi connectivity index (χ0n) is 8.15. The van der Waals surface area contributed by atoms with E-state index in [1.165, 1.54) is 13.1 Å². The number of nitrogens with zero attached hydrogens (tertiary/aromatic N) is 1. The first kappa shape index (κ1) is 9.01. The van der Waals surface area contributed by atoms with Crippen molar-refractivity contribution in [3.05, 3.63) is 0 Å². The molecule has 0 spiro atoms. The molecule has 1 N–H and O–H groups in total. The Balaban J connectivity index is 2.51. The SMILES string of the molecule is CCN1CC(C)(C)NCC1C. The van der Waals surface area contributed by atoms with Gasteiger partial charge in [-0.15, -0.1) is 0 Å². The van der Waals surface area contributed by atoms with Crippen LogP contribution >= 0.6 is 0 Å². The number of hydrogen-bond donors (Lipinski definition) is 1. The summed E-state index contributed by atoms with van der Waals surface area (Å²) in [5.74, 6) is 0.